The molecule has 2 rings (SSSR count). The van der Waals surface area contributed by atoms with Crippen LogP contribution in [0.2, 0.25) is 5.02 Å². The summed E-state index contributed by atoms with van der Waals surface area (Å²) in [5.74, 6) is -1.07. The Labute approximate surface area is 176 Å². The third-order valence-electron chi connectivity index (χ3n) is 4.86. The monoisotopic (exact) mass is 418 g/mol. The molecule has 1 atom stereocenters. The molecule has 1 N–H and O–H groups in total. The molecular formula is C22H27ClN2O4. The lowest BCUT2D eigenvalue weighted by molar-refractivity contribution is 0.0518. The van der Waals surface area contributed by atoms with Crippen molar-refractivity contribution in [2.75, 3.05) is 6.61 Å². The minimum atomic E-state index is -0.748. The molecule has 0 saturated heterocycles. The maximum atomic E-state index is 13.3. The summed E-state index contributed by atoms with van der Waals surface area (Å²) >= 11 is 6.20. The van der Waals surface area contributed by atoms with Crippen molar-refractivity contribution in [3.05, 3.63) is 57.4 Å². The number of halogens is 1. The number of Topliss-reactive ketones (excluding diaryl/α,β-unsaturated/α-hetero) is 1. The summed E-state index contributed by atoms with van der Waals surface area (Å²) in [5.41, 5.74) is 2.09. The van der Waals surface area contributed by atoms with Crippen molar-refractivity contribution in [3.63, 3.8) is 0 Å². The first-order valence-corrected chi connectivity index (χ1v) is 9.97. The van der Waals surface area contributed by atoms with Crippen LogP contribution < -0.4 is 0 Å². The van der Waals surface area contributed by atoms with Crippen molar-refractivity contribution in [1.29, 1.82) is 0 Å². The second-order valence-corrected chi connectivity index (χ2v) is 7.58. The lowest BCUT2D eigenvalue weighted by Crippen LogP contribution is -2.47. The zero-order valence-electron chi connectivity index (χ0n) is 17.6. The van der Waals surface area contributed by atoms with Crippen molar-refractivity contribution in [2.45, 2.75) is 53.6 Å². The number of nitrogens with one attached hydrogen (secondary N) is 1. The van der Waals surface area contributed by atoms with E-state index in [9.17, 15) is 14.4 Å². The van der Waals surface area contributed by atoms with E-state index in [1.807, 2.05) is 13.8 Å². The minimum Gasteiger partial charge on any atom is -0.461 e. The molecule has 1 amide bonds. The predicted octanol–water partition coefficient (Wildman–Crippen LogP) is 4.58. The van der Waals surface area contributed by atoms with Gasteiger partial charge < -0.3 is 14.6 Å². The molecule has 0 radical (unpaired) electrons. The molecular weight excluding hydrogens is 392 g/mol. The highest BCUT2D eigenvalue weighted by Gasteiger charge is 2.33. The number of aryl methyl sites for hydroxylation is 1. The lowest BCUT2D eigenvalue weighted by atomic mass is 9.98. The third kappa shape index (κ3) is 4.53. The fourth-order valence-electron chi connectivity index (χ4n) is 3.49. The van der Waals surface area contributed by atoms with Crippen LogP contribution in [0.15, 0.2) is 24.3 Å². The number of nitrogens with zero attached hydrogens (tertiary/aromatic N) is 1. The van der Waals surface area contributed by atoms with E-state index >= 15 is 0 Å². The van der Waals surface area contributed by atoms with Crippen LogP contribution in [-0.4, -0.2) is 46.2 Å². The van der Waals surface area contributed by atoms with E-state index in [2.05, 4.69) is 4.98 Å². The lowest BCUT2D eigenvalue weighted by Gasteiger charge is -2.32. The topological polar surface area (TPSA) is 79.5 Å². The Hall–Kier alpha value is -2.60. The van der Waals surface area contributed by atoms with Crippen molar-refractivity contribution >= 4 is 29.3 Å². The SMILES string of the molecule is CCOC(=O)c1[nH]c(C)c(C(=O)C(C)N(C(=O)c2ccccc2Cl)C(C)C)c1C. The molecule has 29 heavy (non-hydrogen) atoms. The summed E-state index contributed by atoms with van der Waals surface area (Å²) in [5, 5.41) is 0.335. The predicted molar refractivity (Wildman–Crippen MR) is 113 cm³/mol. The Morgan fingerprint density at radius 1 is 1.14 bits per heavy atom. The molecule has 1 aromatic heterocycles. The van der Waals surface area contributed by atoms with Crippen LogP contribution in [0.1, 0.15) is 70.2 Å². The Kier molecular flexibility index (Phi) is 7.25. The summed E-state index contributed by atoms with van der Waals surface area (Å²) < 4.78 is 5.05. The highest BCUT2D eigenvalue weighted by Crippen LogP contribution is 2.25. The van der Waals surface area contributed by atoms with Gasteiger partial charge in [-0.2, -0.15) is 0 Å². The van der Waals surface area contributed by atoms with Crippen molar-refractivity contribution in [1.82, 2.24) is 9.88 Å². The van der Waals surface area contributed by atoms with Gasteiger partial charge in [0.15, 0.2) is 5.78 Å². The molecule has 1 unspecified atom stereocenters. The molecule has 2 aromatic rings. The number of hydrogen-bond acceptors (Lipinski definition) is 4. The average molecular weight is 419 g/mol. The summed E-state index contributed by atoms with van der Waals surface area (Å²) in [6, 6.07) is 5.78. The first-order chi connectivity index (χ1) is 13.6. The number of rotatable bonds is 7. The number of esters is 1. The summed E-state index contributed by atoms with van der Waals surface area (Å²) in [4.78, 5) is 43.1. The van der Waals surface area contributed by atoms with E-state index in [-0.39, 0.29) is 30.0 Å². The van der Waals surface area contributed by atoms with Crippen LogP contribution in [0, 0.1) is 13.8 Å². The number of ether oxygens (including phenoxy) is 1. The van der Waals surface area contributed by atoms with Crippen molar-refractivity contribution < 1.29 is 19.1 Å². The smallest absolute Gasteiger partial charge is 0.355 e. The molecule has 0 saturated carbocycles. The van der Waals surface area contributed by atoms with E-state index in [0.29, 0.717) is 27.4 Å². The van der Waals surface area contributed by atoms with E-state index in [1.165, 1.54) is 4.90 Å². The molecule has 156 valence electrons. The maximum Gasteiger partial charge on any atom is 0.355 e. The number of aromatic amines is 1. The molecule has 0 bridgehead atoms. The summed E-state index contributed by atoms with van der Waals surface area (Å²) in [6.07, 6.45) is 0. The fourth-order valence-corrected chi connectivity index (χ4v) is 3.71. The standard InChI is InChI=1S/C22H27ClN2O4/c1-7-29-22(28)19-13(4)18(14(5)24-19)20(26)15(6)25(12(2)3)21(27)16-10-8-9-11-17(16)23/h8-12,15,24H,7H2,1-6H3. The second kappa shape index (κ2) is 9.27. The van der Waals surface area contributed by atoms with Crippen LogP contribution in [0.3, 0.4) is 0 Å². The molecule has 6 nitrogen and oxygen atoms in total. The van der Waals surface area contributed by atoms with E-state index in [1.54, 1.807) is 52.0 Å². The first kappa shape index (κ1) is 22.7. The van der Waals surface area contributed by atoms with E-state index in [0.717, 1.165) is 0 Å². The van der Waals surface area contributed by atoms with Gasteiger partial charge in [-0.05, 0) is 59.2 Å². The number of ketones is 1. The number of H-pyrrole nitrogens is 1. The molecule has 0 fully saturated rings. The zero-order chi connectivity index (χ0) is 21.9. The normalized spacial score (nSPS) is 12.0. The summed E-state index contributed by atoms with van der Waals surface area (Å²) in [7, 11) is 0. The van der Waals surface area contributed by atoms with Crippen molar-refractivity contribution in [3.8, 4) is 0 Å². The quantitative estimate of drug-likeness (QED) is 0.527. The maximum absolute atomic E-state index is 13.3. The average Bonchev–Trinajstić information content (AvgIpc) is 2.95. The van der Waals surface area contributed by atoms with Crippen LogP contribution in [0.4, 0.5) is 0 Å². The zero-order valence-corrected chi connectivity index (χ0v) is 18.4. The number of aromatic nitrogens is 1. The van der Waals surface area contributed by atoms with Crippen LogP contribution >= 0.6 is 11.6 Å². The highest BCUT2D eigenvalue weighted by molar-refractivity contribution is 6.33. The first-order valence-electron chi connectivity index (χ1n) is 9.59. The number of hydrogen-bond donors (Lipinski definition) is 1. The van der Waals surface area contributed by atoms with Gasteiger partial charge in [-0.25, -0.2) is 4.79 Å². The fraction of sp³-hybridized carbons (Fsp3) is 0.409. The molecule has 1 heterocycles. The Bertz CT molecular complexity index is 933. The molecule has 0 aliphatic carbocycles. The van der Waals surface area contributed by atoms with Gasteiger partial charge in [-0.15, -0.1) is 0 Å². The Balaban J connectivity index is 2.42. The van der Waals surface area contributed by atoms with Gasteiger partial charge in [0.05, 0.1) is 23.2 Å². The van der Waals surface area contributed by atoms with Crippen molar-refractivity contribution in [2.24, 2.45) is 0 Å². The molecule has 7 heteroatoms. The number of carbonyl (C=O) groups is 3. The minimum absolute atomic E-state index is 0.234. The Morgan fingerprint density at radius 3 is 2.31 bits per heavy atom. The number of carbonyl (C=O) groups excluding carboxylic acids is 3. The van der Waals surface area contributed by atoms with Gasteiger partial charge >= 0.3 is 5.97 Å². The van der Waals surface area contributed by atoms with Gasteiger partial charge in [0.25, 0.3) is 5.91 Å². The van der Waals surface area contributed by atoms with Gasteiger partial charge in [0.2, 0.25) is 0 Å². The van der Waals surface area contributed by atoms with Gasteiger partial charge in [-0.3, -0.25) is 9.59 Å². The molecule has 0 aliphatic rings. The van der Waals surface area contributed by atoms with Crippen LogP contribution in [-0.2, 0) is 4.74 Å². The van der Waals surface area contributed by atoms with Gasteiger partial charge in [0, 0.05) is 17.3 Å². The highest BCUT2D eigenvalue weighted by atomic mass is 35.5. The van der Waals surface area contributed by atoms with Crippen LogP contribution in [0.5, 0.6) is 0 Å². The van der Waals surface area contributed by atoms with Gasteiger partial charge in [0.1, 0.15) is 5.69 Å². The third-order valence-corrected chi connectivity index (χ3v) is 5.18. The van der Waals surface area contributed by atoms with E-state index < -0.39 is 12.0 Å². The molecule has 0 aliphatic heterocycles. The largest absolute Gasteiger partial charge is 0.461 e. The number of amides is 1. The number of benzene rings is 1. The summed E-state index contributed by atoms with van der Waals surface area (Å²) in [6.45, 7) is 10.8. The Morgan fingerprint density at radius 2 is 1.76 bits per heavy atom. The molecule has 1 aromatic carbocycles. The van der Waals surface area contributed by atoms with Gasteiger partial charge in [-0.1, -0.05) is 23.7 Å². The second-order valence-electron chi connectivity index (χ2n) is 7.17. The van der Waals surface area contributed by atoms with Crippen LogP contribution in [0.25, 0.3) is 0 Å². The molecule has 0 spiro atoms. The van der Waals surface area contributed by atoms with E-state index in [4.69, 9.17) is 16.3 Å².